The van der Waals surface area contributed by atoms with Crippen molar-refractivity contribution in [1.82, 2.24) is 14.8 Å². The summed E-state index contributed by atoms with van der Waals surface area (Å²) in [6.45, 7) is 6.00. The van der Waals surface area contributed by atoms with E-state index in [1.54, 1.807) is 6.07 Å². The summed E-state index contributed by atoms with van der Waals surface area (Å²) < 4.78 is 14.0. The number of carbonyl (C=O) groups excluding carboxylic acids is 2. The number of aryl methyl sites for hydroxylation is 1. The lowest BCUT2D eigenvalue weighted by Gasteiger charge is -2.28. The Morgan fingerprint density at radius 2 is 1.89 bits per heavy atom. The summed E-state index contributed by atoms with van der Waals surface area (Å²) in [7, 11) is 0. The number of rotatable bonds is 6. The van der Waals surface area contributed by atoms with Crippen LogP contribution in [0, 0.1) is 12.7 Å². The first-order valence-electron chi connectivity index (χ1n) is 13.6. The predicted octanol–water partition coefficient (Wildman–Crippen LogP) is 5.25. The molecule has 2 aromatic carbocycles. The van der Waals surface area contributed by atoms with Crippen molar-refractivity contribution in [3.63, 3.8) is 0 Å². The van der Waals surface area contributed by atoms with E-state index in [9.17, 15) is 14.0 Å². The highest BCUT2D eigenvalue weighted by atomic mass is 19.1. The fourth-order valence-electron chi connectivity index (χ4n) is 6.25. The minimum atomic E-state index is -0.325. The summed E-state index contributed by atoms with van der Waals surface area (Å²) in [6, 6.07) is 14.3. The lowest BCUT2D eigenvalue weighted by atomic mass is 9.94. The third kappa shape index (κ3) is 4.78. The van der Waals surface area contributed by atoms with E-state index in [1.807, 2.05) is 43.3 Å². The Morgan fingerprint density at radius 1 is 1.08 bits per heavy atom. The molecule has 1 atom stereocenters. The zero-order valence-corrected chi connectivity index (χ0v) is 21.7. The summed E-state index contributed by atoms with van der Waals surface area (Å²) in [5, 5.41) is 2.95. The molecule has 3 aliphatic heterocycles. The number of hydrogen-bond acceptors (Lipinski definition) is 3. The van der Waals surface area contributed by atoms with Gasteiger partial charge in [-0.3, -0.25) is 9.59 Å². The van der Waals surface area contributed by atoms with Crippen molar-refractivity contribution in [1.29, 1.82) is 0 Å². The number of anilines is 1. The molecule has 3 aromatic rings. The molecule has 6 rings (SSSR count). The third-order valence-corrected chi connectivity index (χ3v) is 8.03. The minimum Gasteiger partial charge on any atom is -0.359 e. The molecule has 3 aliphatic rings. The smallest absolute Gasteiger partial charge is 0.256 e. The molecule has 2 saturated heterocycles. The second-order valence-electron chi connectivity index (χ2n) is 10.7. The molecule has 0 unspecified atom stereocenters. The van der Waals surface area contributed by atoms with Gasteiger partial charge < -0.3 is 20.1 Å². The average molecular weight is 513 g/mol. The number of H-pyrrole nitrogens is 1. The van der Waals surface area contributed by atoms with Crippen LogP contribution >= 0.6 is 0 Å². The zero-order valence-electron chi connectivity index (χ0n) is 21.7. The fourth-order valence-corrected chi connectivity index (χ4v) is 6.25. The first-order valence-corrected chi connectivity index (χ1v) is 13.6. The summed E-state index contributed by atoms with van der Waals surface area (Å²) in [6.07, 6.45) is 6.74. The SMILES string of the molecule is Cc1cc(CC(=O)N2CCC[C@H]2CN2CCCC2)c(/C=C2\C(=O)Nc3cccc(-c4cccc(F)c4)c32)[nH]1. The number of nitrogens with zero attached hydrogens (tertiary/aromatic N) is 2. The van der Waals surface area contributed by atoms with Crippen molar-refractivity contribution in [3.8, 4) is 11.1 Å². The highest BCUT2D eigenvalue weighted by molar-refractivity contribution is 6.36. The standard InChI is InChI=1S/C31H33FN4O2/c1-20-15-22(17-29(37)36-14-6-9-24(36)19-35-12-2-3-13-35)28(33-20)18-26-30-25(21-7-4-8-23(32)16-21)10-5-11-27(30)34-31(26)38/h4-5,7-8,10-11,15-16,18,24,33H,2-3,6,9,12-14,17,19H2,1H3,(H,34,38)/b26-18-/t24-/m0/s1. The molecule has 2 fully saturated rings. The molecular weight excluding hydrogens is 479 g/mol. The monoisotopic (exact) mass is 512 g/mol. The quantitative estimate of drug-likeness (QED) is 0.443. The van der Waals surface area contributed by atoms with Gasteiger partial charge in [-0.1, -0.05) is 24.3 Å². The number of carbonyl (C=O) groups is 2. The van der Waals surface area contributed by atoms with E-state index in [2.05, 4.69) is 20.1 Å². The Labute approximate surface area is 222 Å². The van der Waals surface area contributed by atoms with Crippen molar-refractivity contribution in [2.45, 2.75) is 45.1 Å². The predicted molar refractivity (Wildman–Crippen MR) is 148 cm³/mol. The minimum absolute atomic E-state index is 0.141. The number of amides is 2. The first kappa shape index (κ1) is 24.6. The van der Waals surface area contributed by atoms with Crippen LogP contribution in [0.25, 0.3) is 22.8 Å². The van der Waals surface area contributed by atoms with Crippen LogP contribution in [0.2, 0.25) is 0 Å². The highest BCUT2D eigenvalue weighted by Gasteiger charge is 2.32. The maximum absolute atomic E-state index is 14.0. The van der Waals surface area contributed by atoms with Gasteiger partial charge in [0.2, 0.25) is 5.91 Å². The van der Waals surface area contributed by atoms with E-state index in [0.717, 1.165) is 67.1 Å². The zero-order chi connectivity index (χ0) is 26.2. The van der Waals surface area contributed by atoms with Crippen molar-refractivity contribution in [2.75, 3.05) is 31.5 Å². The number of benzene rings is 2. The van der Waals surface area contributed by atoms with Crippen LogP contribution in [0.3, 0.4) is 0 Å². The normalized spacial score (nSPS) is 20.4. The van der Waals surface area contributed by atoms with Crippen LogP contribution in [0.5, 0.6) is 0 Å². The molecule has 0 spiro atoms. The van der Waals surface area contributed by atoms with Gasteiger partial charge in [-0.05, 0) is 92.7 Å². The van der Waals surface area contributed by atoms with Gasteiger partial charge in [0.05, 0.1) is 12.0 Å². The maximum Gasteiger partial charge on any atom is 0.256 e. The van der Waals surface area contributed by atoms with Gasteiger partial charge in [0.25, 0.3) is 5.91 Å². The molecule has 0 aliphatic carbocycles. The van der Waals surface area contributed by atoms with E-state index in [4.69, 9.17) is 0 Å². The molecule has 1 aromatic heterocycles. The maximum atomic E-state index is 14.0. The van der Waals surface area contributed by atoms with E-state index in [0.29, 0.717) is 23.2 Å². The van der Waals surface area contributed by atoms with Crippen molar-refractivity contribution in [3.05, 3.63) is 76.9 Å². The molecule has 2 amide bonds. The van der Waals surface area contributed by atoms with Crippen LogP contribution < -0.4 is 5.32 Å². The number of fused-ring (bicyclic) bond motifs is 1. The molecule has 7 heteroatoms. The Bertz CT molecular complexity index is 1420. The molecule has 0 bridgehead atoms. The first-order chi connectivity index (χ1) is 18.5. The molecule has 6 nitrogen and oxygen atoms in total. The van der Waals surface area contributed by atoms with Crippen LogP contribution in [0.1, 0.15) is 48.2 Å². The lowest BCUT2D eigenvalue weighted by molar-refractivity contribution is -0.131. The van der Waals surface area contributed by atoms with Gasteiger partial charge in [0.15, 0.2) is 0 Å². The van der Waals surface area contributed by atoms with Gasteiger partial charge in [0, 0.05) is 41.8 Å². The summed E-state index contributed by atoms with van der Waals surface area (Å²) in [5.74, 6) is -0.394. The van der Waals surface area contributed by atoms with Crippen LogP contribution in [0.15, 0.2) is 48.5 Å². The van der Waals surface area contributed by atoms with E-state index in [1.165, 1.54) is 25.0 Å². The number of aromatic amines is 1. The van der Waals surface area contributed by atoms with Crippen LogP contribution in [-0.4, -0.2) is 58.8 Å². The van der Waals surface area contributed by atoms with Crippen LogP contribution in [-0.2, 0) is 16.0 Å². The third-order valence-electron chi connectivity index (χ3n) is 8.03. The summed E-state index contributed by atoms with van der Waals surface area (Å²) in [4.78, 5) is 34.5. The van der Waals surface area contributed by atoms with E-state index < -0.39 is 0 Å². The molecule has 2 N–H and O–H groups in total. The molecule has 4 heterocycles. The second-order valence-corrected chi connectivity index (χ2v) is 10.7. The number of aromatic nitrogens is 1. The van der Waals surface area contributed by atoms with Crippen LogP contribution in [0.4, 0.5) is 10.1 Å². The van der Waals surface area contributed by atoms with Gasteiger partial charge >= 0.3 is 0 Å². The topological polar surface area (TPSA) is 68.4 Å². The molecule has 0 radical (unpaired) electrons. The fraction of sp³-hybridized carbons (Fsp3) is 0.355. The van der Waals surface area contributed by atoms with E-state index >= 15 is 0 Å². The number of halogens is 1. The van der Waals surface area contributed by atoms with Crippen molar-refractivity contribution in [2.24, 2.45) is 0 Å². The van der Waals surface area contributed by atoms with Gasteiger partial charge in [-0.25, -0.2) is 4.39 Å². The molecule has 0 saturated carbocycles. The van der Waals surface area contributed by atoms with Gasteiger partial charge in [-0.15, -0.1) is 0 Å². The summed E-state index contributed by atoms with van der Waals surface area (Å²) >= 11 is 0. The Hall–Kier alpha value is -3.71. The lowest BCUT2D eigenvalue weighted by Crippen LogP contribution is -2.43. The molecule has 196 valence electrons. The second kappa shape index (κ2) is 10.2. The largest absolute Gasteiger partial charge is 0.359 e. The van der Waals surface area contributed by atoms with Gasteiger partial charge in [0.1, 0.15) is 5.82 Å². The van der Waals surface area contributed by atoms with Crippen molar-refractivity contribution >= 4 is 29.2 Å². The summed E-state index contributed by atoms with van der Waals surface area (Å²) in [5.41, 5.74) is 6.03. The van der Waals surface area contributed by atoms with E-state index in [-0.39, 0.29) is 23.7 Å². The Balaban J connectivity index is 1.29. The Morgan fingerprint density at radius 3 is 2.71 bits per heavy atom. The highest BCUT2D eigenvalue weighted by Crippen LogP contribution is 2.40. The Kier molecular flexibility index (Phi) is 6.62. The molecule has 38 heavy (non-hydrogen) atoms. The average Bonchev–Trinajstić information content (AvgIpc) is 3.69. The van der Waals surface area contributed by atoms with Crippen molar-refractivity contribution < 1.29 is 14.0 Å². The number of likely N-dealkylation sites (tertiary alicyclic amines) is 2. The van der Waals surface area contributed by atoms with Gasteiger partial charge in [-0.2, -0.15) is 0 Å². The molecular formula is C31H33FN4O2. The number of hydrogen-bond donors (Lipinski definition) is 2. The number of nitrogens with one attached hydrogen (secondary N) is 2.